The Hall–Kier alpha value is -5.48. The Morgan fingerprint density at radius 3 is 2.12 bits per heavy atom. The highest BCUT2D eigenvalue weighted by Crippen LogP contribution is 2.40. The molecule has 0 spiro atoms. The third kappa shape index (κ3) is 8.13. The van der Waals surface area contributed by atoms with E-state index in [2.05, 4.69) is 30.0 Å². The van der Waals surface area contributed by atoms with Crippen LogP contribution in [0.15, 0.2) is 53.8 Å². The number of aromatic nitrogens is 5. The van der Waals surface area contributed by atoms with E-state index in [1.807, 2.05) is 0 Å². The van der Waals surface area contributed by atoms with E-state index in [0.29, 0.717) is 12.8 Å². The van der Waals surface area contributed by atoms with Crippen LogP contribution in [0.4, 0.5) is 23.4 Å². The molecule has 1 aliphatic rings. The normalized spacial score (nSPS) is 11.9. The molecule has 0 atom stereocenters. The van der Waals surface area contributed by atoms with Gasteiger partial charge in [-0.05, 0) is 37.1 Å². The molecule has 3 aromatic heterocycles. The van der Waals surface area contributed by atoms with Crippen LogP contribution < -0.4 is 15.6 Å². The summed E-state index contributed by atoms with van der Waals surface area (Å²) in [5.74, 6) is -6.33. The van der Waals surface area contributed by atoms with Crippen LogP contribution in [0.2, 0.25) is 10.0 Å². The van der Waals surface area contributed by atoms with E-state index in [1.54, 1.807) is 0 Å². The van der Waals surface area contributed by atoms with E-state index < -0.39 is 68.7 Å². The summed E-state index contributed by atoms with van der Waals surface area (Å²) in [7, 11) is 2.55. The lowest BCUT2D eigenvalue weighted by atomic mass is 10.0. The van der Waals surface area contributed by atoms with Crippen molar-refractivity contribution in [2.45, 2.75) is 26.7 Å². The summed E-state index contributed by atoms with van der Waals surface area (Å²) in [6.45, 7) is 0. The molecule has 12 nitrogen and oxygen atoms in total. The number of aryl methyl sites for hydroxylation is 1. The Morgan fingerprint density at radius 2 is 1.45 bits per heavy atom. The van der Waals surface area contributed by atoms with Gasteiger partial charge in [-0.2, -0.15) is 0 Å². The van der Waals surface area contributed by atoms with Gasteiger partial charge < -0.3 is 14.8 Å². The topological polar surface area (TPSA) is 155 Å². The SMILES string of the molecule is C.COC(=O)c1nccnc1NC(=O)Cc1c(F)ccc(F)c1Cl.Cn1c(=O)c(-c2c(F)ccc(F)c2Cl)c(OC(=O)C2CC2)c2nccnc21. The summed E-state index contributed by atoms with van der Waals surface area (Å²) in [5, 5.41) is 1.22. The second-order valence-electron chi connectivity index (χ2n) is 10.5. The van der Waals surface area contributed by atoms with Gasteiger partial charge in [0.1, 0.15) is 28.8 Å². The zero-order chi connectivity index (χ0) is 36.3. The second kappa shape index (κ2) is 16.0. The minimum Gasteiger partial charge on any atom is -0.464 e. The van der Waals surface area contributed by atoms with Crippen molar-refractivity contribution in [3.63, 3.8) is 0 Å². The molecule has 0 aliphatic heterocycles. The zero-order valence-electron chi connectivity index (χ0n) is 25.8. The van der Waals surface area contributed by atoms with Crippen LogP contribution >= 0.6 is 23.2 Å². The Morgan fingerprint density at radius 1 is 0.863 bits per heavy atom. The highest BCUT2D eigenvalue weighted by molar-refractivity contribution is 6.33. The fraction of sp³-hybridized carbons (Fsp3) is 0.212. The van der Waals surface area contributed by atoms with Crippen molar-refractivity contribution in [1.29, 1.82) is 0 Å². The number of amides is 1. The highest BCUT2D eigenvalue weighted by atomic mass is 35.5. The molecule has 1 amide bonds. The monoisotopic (exact) mass is 748 g/mol. The molecule has 0 radical (unpaired) electrons. The number of nitrogens with one attached hydrogen (secondary N) is 1. The number of esters is 2. The largest absolute Gasteiger partial charge is 0.464 e. The van der Waals surface area contributed by atoms with E-state index in [-0.39, 0.29) is 52.9 Å². The summed E-state index contributed by atoms with van der Waals surface area (Å²) >= 11 is 11.6. The van der Waals surface area contributed by atoms with Crippen LogP contribution in [0, 0.1) is 29.2 Å². The van der Waals surface area contributed by atoms with Crippen LogP contribution in [0.5, 0.6) is 5.75 Å². The first-order chi connectivity index (χ1) is 23.8. The molecule has 266 valence electrons. The Kier molecular flexibility index (Phi) is 12.0. The number of rotatable bonds is 7. The Balaban J connectivity index is 0.000000228. The number of hydrogen-bond acceptors (Lipinski definition) is 10. The van der Waals surface area contributed by atoms with Crippen molar-refractivity contribution in [3.05, 3.63) is 104 Å². The molecular formula is C33H26Cl2F4N6O6. The van der Waals surface area contributed by atoms with Crippen molar-refractivity contribution < 1.29 is 41.4 Å². The second-order valence-corrected chi connectivity index (χ2v) is 11.3. The molecule has 5 aromatic rings. The van der Waals surface area contributed by atoms with Gasteiger partial charge >= 0.3 is 11.9 Å². The lowest BCUT2D eigenvalue weighted by molar-refractivity contribution is -0.135. The van der Waals surface area contributed by atoms with E-state index in [4.69, 9.17) is 27.9 Å². The summed E-state index contributed by atoms with van der Waals surface area (Å²) in [4.78, 5) is 64.4. The third-order valence-corrected chi connectivity index (χ3v) is 7.95. The van der Waals surface area contributed by atoms with Crippen molar-refractivity contribution in [2.24, 2.45) is 13.0 Å². The van der Waals surface area contributed by atoms with E-state index in [1.165, 1.54) is 31.8 Å². The predicted molar refractivity (Wildman–Crippen MR) is 177 cm³/mol. The summed E-state index contributed by atoms with van der Waals surface area (Å²) < 4.78 is 66.6. The fourth-order valence-electron chi connectivity index (χ4n) is 4.54. The van der Waals surface area contributed by atoms with Crippen molar-refractivity contribution >= 4 is 58.0 Å². The average Bonchev–Trinajstić information content (AvgIpc) is 3.96. The molecule has 51 heavy (non-hydrogen) atoms. The minimum atomic E-state index is -0.925. The Labute approximate surface area is 296 Å². The number of fused-ring (bicyclic) bond motifs is 1. The van der Waals surface area contributed by atoms with Crippen LogP contribution in [-0.4, -0.2) is 49.5 Å². The molecule has 18 heteroatoms. The number of pyridine rings is 1. The predicted octanol–water partition coefficient (Wildman–Crippen LogP) is 6.25. The number of nitrogens with zero attached hydrogens (tertiary/aromatic N) is 5. The molecule has 0 bridgehead atoms. The quantitative estimate of drug-likeness (QED) is 0.115. The molecule has 1 aliphatic carbocycles. The van der Waals surface area contributed by atoms with Gasteiger partial charge in [0.25, 0.3) is 5.56 Å². The number of carbonyl (C=O) groups is 3. The van der Waals surface area contributed by atoms with E-state index in [9.17, 15) is 36.7 Å². The lowest BCUT2D eigenvalue weighted by Crippen LogP contribution is -2.24. The molecule has 3 heterocycles. The average molecular weight is 750 g/mol. The van der Waals surface area contributed by atoms with Gasteiger partial charge in [0, 0.05) is 43.0 Å². The lowest BCUT2D eigenvalue weighted by Gasteiger charge is -2.15. The minimum absolute atomic E-state index is 0. The third-order valence-electron chi connectivity index (χ3n) is 7.18. The first-order valence-corrected chi connectivity index (χ1v) is 15.1. The van der Waals surface area contributed by atoms with Gasteiger partial charge in [-0.25, -0.2) is 42.3 Å². The van der Waals surface area contributed by atoms with Crippen molar-refractivity contribution in [3.8, 4) is 16.9 Å². The van der Waals surface area contributed by atoms with Gasteiger partial charge in [-0.15, -0.1) is 0 Å². The molecule has 6 rings (SSSR count). The van der Waals surface area contributed by atoms with Gasteiger partial charge in [0.05, 0.1) is 35.1 Å². The van der Waals surface area contributed by atoms with E-state index in [0.717, 1.165) is 35.9 Å². The Bertz CT molecular complexity index is 2240. The molecule has 2 aromatic carbocycles. The van der Waals surface area contributed by atoms with E-state index >= 15 is 0 Å². The number of benzene rings is 2. The number of anilines is 1. The van der Waals surface area contributed by atoms with Crippen LogP contribution in [-0.2, 0) is 27.8 Å². The van der Waals surface area contributed by atoms with Crippen molar-refractivity contribution in [1.82, 2.24) is 24.5 Å². The van der Waals surface area contributed by atoms with Crippen molar-refractivity contribution in [2.75, 3.05) is 12.4 Å². The fourth-order valence-corrected chi connectivity index (χ4v) is 5.01. The van der Waals surface area contributed by atoms with Crippen LogP contribution in [0.1, 0.15) is 36.3 Å². The first-order valence-electron chi connectivity index (χ1n) is 14.3. The molecule has 1 saturated carbocycles. The molecule has 1 N–H and O–H groups in total. The maximum atomic E-state index is 14.5. The number of methoxy groups -OCH3 is 1. The highest BCUT2D eigenvalue weighted by Gasteiger charge is 2.34. The van der Waals surface area contributed by atoms with Crippen LogP contribution in [0.25, 0.3) is 22.3 Å². The molecule has 0 unspecified atom stereocenters. The number of carbonyl (C=O) groups excluding carboxylic acids is 3. The maximum absolute atomic E-state index is 14.5. The standard InChI is InChI=1S/C18H12ClF2N3O3.C14H10ClF2N3O3.CH4/c1-24-16-14(22-6-7-23-16)15(27-18(26)8-2-3-8)12(17(24)25)11-9(20)4-5-10(21)13(11)19;1-23-14(22)12-13(19-5-4-18-12)20-10(21)6-7-8(16)2-3-9(17)11(7)15;/h4-8H,2-3H2,1H3;2-5H,6H2,1H3,(H,19,20,21);1H4. The molecular weight excluding hydrogens is 723 g/mol. The number of halogens is 6. The van der Waals surface area contributed by atoms with Gasteiger partial charge in [0.15, 0.2) is 22.9 Å². The number of ether oxygens (including phenoxy) is 2. The zero-order valence-corrected chi connectivity index (χ0v) is 27.3. The number of hydrogen-bond donors (Lipinski definition) is 1. The van der Waals surface area contributed by atoms with Crippen LogP contribution in [0.3, 0.4) is 0 Å². The maximum Gasteiger partial charge on any atom is 0.360 e. The van der Waals surface area contributed by atoms with Gasteiger partial charge in [-0.3, -0.25) is 19.0 Å². The van der Waals surface area contributed by atoms with Gasteiger partial charge in [0.2, 0.25) is 5.91 Å². The smallest absolute Gasteiger partial charge is 0.360 e. The molecule has 0 saturated heterocycles. The molecule has 1 fully saturated rings. The van der Waals surface area contributed by atoms with Gasteiger partial charge in [-0.1, -0.05) is 30.6 Å². The summed E-state index contributed by atoms with van der Waals surface area (Å²) in [6.07, 6.45) is 5.98. The summed E-state index contributed by atoms with van der Waals surface area (Å²) in [6, 6.07) is 3.43. The summed E-state index contributed by atoms with van der Waals surface area (Å²) in [5.41, 5.74) is -1.90. The first kappa shape index (κ1) is 38.3.